The predicted octanol–water partition coefficient (Wildman–Crippen LogP) is -2.78. The van der Waals surface area contributed by atoms with E-state index in [9.17, 15) is 44.4 Å². The van der Waals surface area contributed by atoms with E-state index in [1.165, 1.54) is 31.0 Å². The number of carbonyl (C=O) groups is 4. The maximum absolute atomic E-state index is 13.6. The molecule has 0 spiro atoms. The van der Waals surface area contributed by atoms with Crippen LogP contribution in [0.15, 0.2) is 32.7 Å². The number of aromatic nitrogens is 3. The van der Waals surface area contributed by atoms with Crippen molar-refractivity contribution in [2.24, 2.45) is 5.16 Å². The number of quaternary nitrogens is 1. The zero-order chi connectivity index (χ0) is 37.9. The van der Waals surface area contributed by atoms with E-state index >= 15 is 0 Å². The number of β-lactam (4-membered cyclic amide) rings is 1. The second kappa shape index (κ2) is 15.1. The number of hydrogen-bond donors (Lipinski definition) is 6. The van der Waals surface area contributed by atoms with Gasteiger partial charge in [0.1, 0.15) is 40.9 Å². The van der Waals surface area contributed by atoms with Crippen molar-refractivity contribution in [3.63, 3.8) is 0 Å². The third-order valence-electron chi connectivity index (χ3n) is 9.19. The molecular formula is C31H33ClN8NaO10S2+. The van der Waals surface area contributed by atoms with Crippen LogP contribution in [0.2, 0.25) is 5.02 Å². The molecule has 3 aromatic rings. The van der Waals surface area contributed by atoms with Crippen molar-refractivity contribution in [1.29, 1.82) is 0 Å². The van der Waals surface area contributed by atoms with Gasteiger partial charge in [-0.1, -0.05) is 16.8 Å². The van der Waals surface area contributed by atoms with Gasteiger partial charge in [-0.3, -0.25) is 19.3 Å². The first-order chi connectivity index (χ1) is 24.4. The second-order valence-corrected chi connectivity index (χ2v) is 15.9. The van der Waals surface area contributed by atoms with Gasteiger partial charge < -0.3 is 50.6 Å². The van der Waals surface area contributed by atoms with Crippen LogP contribution in [-0.4, -0.2) is 111 Å². The van der Waals surface area contributed by atoms with Gasteiger partial charge in [-0.25, -0.2) is 14.8 Å². The molecule has 5 heterocycles. The van der Waals surface area contributed by atoms with E-state index in [2.05, 4.69) is 25.4 Å². The summed E-state index contributed by atoms with van der Waals surface area (Å²) < 4.78 is 0.314. The number of carbonyl (C=O) groups excluding carboxylic acids is 3. The number of thioether (sulfide) groups is 1. The Morgan fingerprint density at radius 2 is 1.91 bits per heavy atom. The number of nitrogen functional groups attached to an aromatic ring is 1. The zero-order valence-corrected chi connectivity index (χ0v) is 33.2. The van der Waals surface area contributed by atoms with Crippen LogP contribution >= 0.6 is 34.7 Å². The number of likely N-dealkylation sites (tertiary alicyclic amines) is 1. The summed E-state index contributed by atoms with van der Waals surface area (Å²) in [6.45, 7) is 5.78. The average molecular weight is 800 g/mol. The smallest absolute Gasteiger partial charge is 0.546 e. The molecule has 0 aliphatic carbocycles. The quantitative estimate of drug-likeness (QED) is 0.0286. The van der Waals surface area contributed by atoms with Crippen molar-refractivity contribution < 1.29 is 78.5 Å². The van der Waals surface area contributed by atoms with Crippen LogP contribution < -0.4 is 51.3 Å². The van der Waals surface area contributed by atoms with Gasteiger partial charge in [0.05, 0.1) is 30.0 Å². The number of nitrogens with two attached hydrogens (primary N) is 1. The van der Waals surface area contributed by atoms with Gasteiger partial charge in [0.2, 0.25) is 0 Å². The second-order valence-electron chi connectivity index (χ2n) is 13.2. The number of amides is 2. The summed E-state index contributed by atoms with van der Waals surface area (Å²) in [6.07, 6.45) is 1.63. The molecule has 3 atom stereocenters. The van der Waals surface area contributed by atoms with Gasteiger partial charge in [-0.2, -0.15) is 0 Å². The van der Waals surface area contributed by atoms with Gasteiger partial charge in [-0.15, -0.1) is 23.1 Å². The van der Waals surface area contributed by atoms with Gasteiger partial charge in [0.15, 0.2) is 33.8 Å². The fourth-order valence-electron chi connectivity index (χ4n) is 6.48. The topological polar surface area (TPSA) is 274 Å². The summed E-state index contributed by atoms with van der Waals surface area (Å²) in [4.78, 5) is 81.9. The van der Waals surface area contributed by atoms with Crippen molar-refractivity contribution in [3.05, 3.63) is 49.6 Å². The summed E-state index contributed by atoms with van der Waals surface area (Å²) in [5.74, 6) is -5.46. The number of nitrogens with zero attached hydrogens (tertiary/aromatic N) is 5. The maximum atomic E-state index is 13.6. The van der Waals surface area contributed by atoms with E-state index in [0.717, 1.165) is 35.1 Å². The zero-order valence-electron chi connectivity index (χ0n) is 28.8. The minimum absolute atomic E-state index is 0. The fraction of sp³-hybridized carbons (Fsp3) is 0.419. The first-order valence-electron chi connectivity index (χ1n) is 15.9. The average Bonchev–Trinajstić information content (AvgIpc) is 3.71. The summed E-state index contributed by atoms with van der Waals surface area (Å²) >= 11 is 8.38. The van der Waals surface area contributed by atoms with E-state index in [4.69, 9.17) is 22.2 Å². The molecule has 0 bridgehead atoms. The monoisotopic (exact) mass is 799 g/mol. The number of aliphatic carboxylic acids is 2. The number of carboxylic acid groups (broad SMARTS) is 2. The predicted molar refractivity (Wildman–Crippen MR) is 186 cm³/mol. The summed E-state index contributed by atoms with van der Waals surface area (Å²) in [5.41, 5.74) is 3.07. The van der Waals surface area contributed by atoms with Crippen LogP contribution in [0.5, 0.6) is 11.5 Å². The number of halogens is 1. The third-order valence-corrected chi connectivity index (χ3v) is 11.7. The van der Waals surface area contributed by atoms with Crippen molar-refractivity contribution in [2.75, 3.05) is 25.4 Å². The Kier molecular flexibility index (Phi) is 11.5. The summed E-state index contributed by atoms with van der Waals surface area (Å²) in [6, 6.07) is -0.0300. The molecule has 2 aromatic heterocycles. The van der Waals surface area contributed by atoms with E-state index in [1.807, 2.05) is 6.92 Å². The summed E-state index contributed by atoms with van der Waals surface area (Å²) in [7, 11) is 0. The number of anilines is 1. The van der Waals surface area contributed by atoms with Crippen LogP contribution in [0.25, 0.3) is 10.9 Å². The number of nitrogens with one attached hydrogen (secondary N) is 2. The Labute approximate surface area is 335 Å². The molecular weight excluding hydrogens is 767 g/mol. The normalized spacial score (nSPS) is 21.1. The number of oxime groups is 1. The molecule has 3 aliphatic rings. The number of fused-ring (bicyclic) bond motifs is 2. The molecule has 1 aromatic carbocycles. The maximum Gasteiger partial charge on any atom is 1.00 e. The number of H-pyrrole nitrogens is 1. The summed E-state index contributed by atoms with van der Waals surface area (Å²) in [5, 5.41) is 48.1. The molecule has 0 radical (unpaired) electrons. The Bertz CT molecular complexity index is 2150. The molecule has 53 heavy (non-hydrogen) atoms. The first kappa shape index (κ1) is 40.3. The van der Waals surface area contributed by atoms with E-state index in [1.54, 1.807) is 0 Å². The SMILES string of the molecule is C[C@@H]1S[C@@H]2[C@H](NC(=O)/C(=N\OC(C)(C)C(=O)[O-])c3csc(N)n3)C(=O)N2C(C(=O)O)=C1C[N+]1(Cc2nc3cc(O)c(O)c(Cl)c3c(=O)[nH]2)CCCC1.[Na+]. The number of phenols is 2. The molecule has 2 fully saturated rings. The molecule has 2 saturated heterocycles. The number of phenolic OH excluding ortho intramolecular Hbond substituents is 2. The van der Waals surface area contributed by atoms with E-state index < -0.39 is 68.8 Å². The van der Waals surface area contributed by atoms with Crippen LogP contribution in [-0.2, 0) is 30.6 Å². The van der Waals surface area contributed by atoms with E-state index in [-0.39, 0.29) is 80.9 Å². The van der Waals surface area contributed by atoms with Gasteiger partial charge in [0, 0.05) is 35.1 Å². The Morgan fingerprint density at radius 3 is 2.51 bits per heavy atom. The minimum Gasteiger partial charge on any atom is -0.546 e. The Hall–Kier alpha value is -3.92. The molecule has 18 nitrogen and oxygen atoms in total. The van der Waals surface area contributed by atoms with Gasteiger partial charge in [-0.05, 0) is 20.8 Å². The van der Waals surface area contributed by atoms with Crippen molar-refractivity contribution in [2.45, 2.75) is 62.4 Å². The van der Waals surface area contributed by atoms with Gasteiger partial charge >= 0.3 is 35.5 Å². The van der Waals surface area contributed by atoms with Crippen molar-refractivity contribution in [3.8, 4) is 11.5 Å². The molecule has 0 saturated carbocycles. The molecule has 6 rings (SSSR count). The van der Waals surface area contributed by atoms with Crippen LogP contribution in [0.1, 0.15) is 45.1 Å². The molecule has 7 N–H and O–H groups in total. The number of aromatic amines is 1. The van der Waals surface area contributed by atoms with Crippen molar-refractivity contribution >= 4 is 80.2 Å². The number of hydrogen-bond acceptors (Lipinski definition) is 15. The van der Waals surface area contributed by atoms with Crippen LogP contribution in [0.4, 0.5) is 5.13 Å². The van der Waals surface area contributed by atoms with E-state index in [0.29, 0.717) is 23.1 Å². The number of carboxylic acids is 2. The molecule has 2 amide bonds. The fourth-order valence-corrected chi connectivity index (χ4v) is 8.75. The standard InChI is InChI=1S/C31H33ClN8O10S2.Na/c1-12-13(9-40(6-4-5-7-40)10-17-34-14-8-16(41)23(42)19(32)18(14)24(43)36-17)22(28(46)47)39-26(45)21(27(39)52-12)37-25(44)20(15-11-51-30(33)35-15)38-50-31(2,3)29(48)49;/h8,11-12,21,27H,4-7,9-10H2,1-3H3,(H7-,33,34,35,36,37,38,41,42,43,44,46,47,48,49);/q;+1/t12-,21+,27+;/m0./s1. The number of aromatic hydroxyl groups is 2. The number of benzene rings is 1. The molecule has 276 valence electrons. The van der Waals surface area contributed by atoms with Crippen LogP contribution in [0.3, 0.4) is 0 Å². The Morgan fingerprint density at radius 1 is 1.23 bits per heavy atom. The van der Waals surface area contributed by atoms with Crippen molar-refractivity contribution in [1.82, 2.24) is 25.2 Å². The molecule has 3 aliphatic heterocycles. The molecule has 0 unspecified atom stereocenters. The number of thiazole rings is 1. The van der Waals surface area contributed by atoms with Gasteiger partial charge in [0.25, 0.3) is 17.4 Å². The minimum atomic E-state index is -1.92. The number of rotatable bonds is 11. The Balaban J connectivity index is 0.00000541. The first-order valence-corrected chi connectivity index (χ1v) is 18.1. The third kappa shape index (κ3) is 7.58. The van der Waals surface area contributed by atoms with Crippen LogP contribution in [0, 0.1) is 0 Å². The molecule has 22 heteroatoms. The largest absolute Gasteiger partial charge is 1.00 e.